The van der Waals surface area contributed by atoms with Gasteiger partial charge in [0.25, 0.3) is 0 Å². The zero-order chi connectivity index (χ0) is 9.14. The number of pyridine rings is 1. The highest BCUT2D eigenvalue weighted by Gasteiger charge is 1.99. The van der Waals surface area contributed by atoms with E-state index in [0.29, 0.717) is 5.82 Å². The van der Waals surface area contributed by atoms with Gasteiger partial charge >= 0.3 is 0 Å². The Kier molecular flexibility index (Phi) is 2.53. The summed E-state index contributed by atoms with van der Waals surface area (Å²) < 4.78 is 5.46. The summed E-state index contributed by atoms with van der Waals surface area (Å²) in [4.78, 5) is 4.04. The minimum Gasteiger partial charge on any atom is -0.491 e. The highest BCUT2D eigenvalue weighted by Crippen LogP contribution is 2.16. The molecule has 66 valence electrons. The summed E-state index contributed by atoms with van der Waals surface area (Å²) in [7, 11) is 0. The van der Waals surface area contributed by atoms with Gasteiger partial charge in [-0.3, -0.25) is 0 Å². The standard InChI is InChI=1S/C9H14N2O/c1-6(2)12-8-4-7(3)11-9(10)5-8/h4-6H,1-3H3,(H2,10,11). The molecular weight excluding hydrogens is 152 g/mol. The first-order chi connectivity index (χ1) is 5.58. The Morgan fingerprint density at radius 3 is 2.58 bits per heavy atom. The van der Waals surface area contributed by atoms with Crippen molar-refractivity contribution in [1.82, 2.24) is 4.98 Å². The number of hydrogen-bond acceptors (Lipinski definition) is 3. The molecule has 0 aromatic carbocycles. The number of rotatable bonds is 2. The van der Waals surface area contributed by atoms with Crippen molar-refractivity contribution in [3.8, 4) is 5.75 Å². The highest BCUT2D eigenvalue weighted by atomic mass is 16.5. The van der Waals surface area contributed by atoms with E-state index >= 15 is 0 Å². The van der Waals surface area contributed by atoms with Crippen LogP contribution >= 0.6 is 0 Å². The van der Waals surface area contributed by atoms with Crippen molar-refractivity contribution in [3.05, 3.63) is 17.8 Å². The molecule has 0 unspecified atom stereocenters. The maximum absolute atomic E-state index is 5.54. The van der Waals surface area contributed by atoms with Crippen molar-refractivity contribution in [2.24, 2.45) is 0 Å². The number of nitrogens with two attached hydrogens (primary N) is 1. The molecule has 0 aliphatic carbocycles. The van der Waals surface area contributed by atoms with Crippen LogP contribution < -0.4 is 10.5 Å². The average molecular weight is 166 g/mol. The lowest BCUT2D eigenvalue weighted by molar-refractivity contribution is 0.242. The van der Waals surface area contributed by atoms with Gasteiger partial charge in [-0.05, 0) is 20.8 Å². The number of aromatic nitrogens is 1. The number of aryl methyl sites for hydroxylation is 1. The van der Waals surface area contributed by atoms with Crippen LogP contribution in [0.1, 0.15) is 19.5 Å². The van der Waals surface area contributed by atoms with Crippen LogP contribution in [0, 0.1) is 6.92 Å². The lowest BCUT2D eigenvalue weighted by Crippen LogP contribution is -2.06. The fourth-order valence-electron chi connectivity index (χ4n) is 1.00. The van der Waals surface area contributed by atoms with Gasteiger partial charge in [0.2, 0.25) is 0 Å². The van der Waals surface area contributed by atoms with Gasteiger partial charge in [0, 0.05) is 17.8 Å². The molecule has 0 fully saturated rings. The molecule has 1 heterocycles. The first-order valence-corrected chi connectivity index (χ1v) is 3.99. The molecular formula is C9H14N2O. The monoisotopic (exact) mass is 166 g/mol. The molecule has 1 rings (SSSR count). The predicted octanol–water partition coefficient (Wildman–Crippen LogP) is 1.76. The van der Waals surface area contributed by atoms with E-state index in [2.05, 4.69) is 4.98 Å². The van der Waals surface area contributed by atoms with Crippen molar-refractivity contribution < 1.29 is 4.74 Å². The minimum absolute atomic E-state index is 0.172. The van der Waals surface area contributed by atoms with E-state index in [4.69, 9.17) is 10.5 Å². The Morgan fingerprint density at radius 1 is 1.42 bits per heavy atom. The molecule has 0 bridgehead atoms. The van der Waals surface area contributed by atoms with E-state index < -0.39 is 0 Å². The Morgan fingerprint density at radius 2 is 2.08 bits per heavy atom. The topological polar surface area (TPSA) is 48.1 Å². The van der Waals surface area contributed by atoms with Gasteiger partial charge in [0.1, 0.15) is 11.6 Å². The molecule has 3 nitrogen and oxygen atoms in total. The summed E-state index contributed by atoms with van der Waals surface area (Å²) in [6, 6.07) is 3.60. The zero-order valence-corrected chi connectivity index (χ0v) is 7.66. The van der Waals surface area contributed by atoms with Crippen LogP contribution in [0.3, 0.4) is 0 Å². The van der Waals surface area contributed by atoms with Gasteiger partial charge in [0.15, 0.2) is 0 Å². The average Bonchev–Trinajstić information content (AvgIpc) is 1.81. The molecule has 0 spiro atoms. The van der Waals surface area contributed by atoms with Crippen molar-refractivity contribution in [2.45, 2.75) is 26.9 Å². The fourth-order valence-corrected chi connectivity index (χ4v) is 1.00. The van der Waals surface area contributed by atoms with Crippen molar-refractivity contribution >= 4 is 5.82 Å². The van der Waals surface area contributed by atoms with Crippen LogP contribution in [0.4, 0.5) is 5.82 Å². The van der Waals surface area contributed by atoms with Gasteiger partial charge in [0.05, 0.1) is 6.10 Å². The van der Waals surface area contributed by atoms with Gasteiger partial charge in [-0.1, -0.05) is 0 Å². The molecule has 1 aromatic rings. The van der Waals surface area contributed by atoms with Crippen molar-refractivity contribution in [2.75, 3.05) is 5.73 Å². The molecule has 0 amide bonds. The van der Waals surface area contributed by atoms with Crippen LogP contribution in [0.15, 0.2) is 12.1 Å². The second kappa shape index (κ2) is 3.43. The fraction of sp³-hybridized carbons (Fsp3) is 0.444. The van der Waals surface area contributed by atoms with Crippen LogP contribution in [-0.4, -0.2) is 11.1 Å². The van der Waals surface area contributed by atoms with Crippen molar-refractivity contribution in [3.63, 3.8) is 0 Å². The van der Waals surface area contributed by atoms with Gasteiger partial charge < -0.3 is 10.5 Å². The molecule has 2 N–H and O–H groups in total. The van der Waals surface area contributed by atoms with E-state index in [-0.39, 0.29) is 6.10 Å². The quantitative estimate of drug-likeness (QED) is 0.728. The molecule has 3 heteroatoms. The Labute approximate surface area is 72.6 Å². The maximum Gasteiger partial charge on any atom is 0.127 e. The van der Waals surface area contributed by atoms with Crippen LogP contribution in [0.25, 0.3) is 0 Å². The van der Waals surface area contributed by atoms with Gasteiger partial charge in [-0.15, -0.1) is 0 Å². The number of ether oxygens (including phenoxy) is 1. The second-order valence-electron chi connectivity index (χ2n) is 3.04. The number of nitrogen functional groups attached to an aromatic ring is 1. The van der Waals surface area contributed by atoms with Gasteiger partial charge in [-0.2, -0.15) is 0 Å². The first kappa shape index (κ1) is 8.84. The predicted molar refractivity (Wildman–Crippen MR) is 49.2 cm³/mol. The third-order valence-electron chi connectivity index (χ3n) is 1.32. The Bertz CT molecular complexity index is 251. The summed E-state index contributed by atoms with van der Waals surface area (Å²) in [5.74, 6) is 1.29. The smallest absolute Gasteiger partial charge is 0.127 e. The van der Waals surface area contributed by atoms with E-state index in [1.807, 2.05) is 26.8 Å². The van der Waals surface area contributed by atoms with Crippen LogP contribution in [0.2, 0.25) is 0 Å². The molecule has 0 saturated carbocycles. The largest absolute Gasteiger partial charge is 0.491 e. The first-order valence-electron chi connectivity index (χ1n) is 3.99. The molecule has 0 aliphatic rings. The van der Waals surface area contributed by atoms with Crippen LogP contribution in [0.5, 0.6) is 5.75 Å². The summed E-state index contributed by atoms with van der Waals surface area (Å²) in [6.07, 6.45) is 0.172. The summed E-state index contributed by atoms with van der Waals surface area (Å²) in [5, 5.41) is 0. The Balaban J connectivity index is 2.85. The molecule has 12 heavy (non-hydrogen) atoms. The third-order valence-corrected chi connectivity index (χ3v) is 1.32. The molecule has 0 aliphatic heterocycles. The molecule has 0 saturated heterocycles. The summed E-state index contributed by atoms with van der Waals surface area (Å²) >= 11 is 0. The second-order valence-corrected chi connectivity index (χ2v) is 3.04. The minimum atomic E-state index is 0.172. The number of nitrogens with zero attached hydrogens (tertiary/aromatic N) is 1. The lowest BCUT2D eigenvalue weighted by atomic mass is 10.3. The van der Waals surface area contributed by atoms with E-state index in [1.54, 1.807) is 6.07 Å². The highest BCUT2D eigenvalue weighted by molar-refractivity contribution is 5.38. The third kappa shape index (κ3) is 2.42. The van der Waals surface area contributed by atoms with Gasteiger partial charge in [-0.25, -0.2) is 4.98 Å². The molecule has 0 atom stereocenters. The zero-order valence-electron chi connectivity index (χ0n) is 7.66. The summed E-state index contributed by atoms with van der Waals surface area (Å²) in [5.41, 5.74) is 6.42. The lowest BCUT2D eigenvalue weighted by Gasteiger charge is -2.10. The molecule has 0 radical (unpaired) electrons. The number of anilines is 1. The van der Waals surface area contributed by atoms with Crippen molar-refractivity contribution in [1.29, 1.82) is 0 Å². The summed E-state index contributed by atoms with van der Waals surface area (Å²) in [6.45, 7) is 5.85. The maximum atomic E-state index is 5.54. The Hall–Kier alpha value is -1.25. The van der Waals surface area contributed by atoms with E-state index in [1.165, 1.54) is 0 Å². The normalized spacial score (nSPS) is 10.3. The molecule has 1 aromatic heterocycles. The van der Waals surface area contributed by atoms with E-state index in [0.717, 1.165) is 11.4 Å². The van der Waals surface area contributed by atoms with Crippen LogP contribution in [-0.2, 0) is 0 Å². The number of hydrogen-bond donors (Lipinski definition) is 1. The van der Waals surface area contributed by atoms with E-state index in [9.17, 15) is 0 Å². The SMILES string of the molecule is Cc1cc(OC(C)C)cc(N)n1.